The SMILES string of the molecule is C=CCC[C@@H](Cc1cccc(OC)c1)NC(=O)OC(C)(C)C. The van der Waals surface area contributed by atoms with E-state index in [1.165, 1.54) is 0 Å². The highest BCUT2D eigenvalue weighted by molar-refractivity contribution is 5.68. The number of ether oxygens (including phenoxy) is 2. The molecule has 1 aromatic carbocycles. The van der Waals surface area contributed by atoms with Crippen LogP contribution in [0.3, 0.4) is 0 Å². The van der Waals surface area contributed by atoms with Crippen LogP contribution in [0.4, 0.5) is 4.79 Å². The van der Waals surface area contributed by atoms with Crippen LogP contribution in [0.1, 0.15) is 39.2 Å². The van der Waals surface area contributed by atoms with Crippen molar-refractivity contribution in [3.8, 4) is 5.75 Å². The van der Waals surface area contributed by atoms with Crippen molar-refractivity contribution in [2.24, 2.45) is 0 Å². The molecule has 4 nitrogen and oxygen atoms in total. The Morgan fingerprint density at radius 1 is 1.41 bits per heavy atom. The van der Waals surface area contributed by atoms with Gasteiger partial charge in [0.2, 0.25) is 0 Å². The summed E-state index contributed by atoms with van der Waals surface area (Å²) in [5.74, 6) is 0.817. The van der Waals surface area contributed by atoms with E-state index in [1.54, 1.807) is 7.11 Å². The summed E-state index contributed by atoms with van der Waals surface area (Å²) in [4.78, 5) is 12.0. The molecule has 1 N–H and O–H groups in total. The molecule has 0 unspecified atom stereocenters. The van der Waals surface area contributed by atoms with Gasteiger partial charge in [0, 0.05) is 6.04 Å². The molecular weight excluding hydrogens is 278 g/mol. The maximum atomic E-state index is 12.0. The molecule has 0 saturated carbocycles. The highest BCUT2D eigenvalue weighted by Crippen LogP contribution is 2.16. The Hall–Kier alpha value is -1.97. The Balaban J connectivity index is 2.70. The number of methoxy groups -OCH3 is 1. The van der Waals surface area contributed by atoms with Crippen molar-refractivity contribution in [3.63, 3.8) is 0 Å². The molecule has 0 aliphatic carbocycles. The molecule has 1 aromatic rings. The first kappa shape index (κ1) is 18.1. The van der Waals surface area contributed by atoms with Gasteiger partial charge in [-0.1, -0.05) is 18.2 Å². The zero-order valence-corrected chi connectivity index (χ0v) is 14.0. The van der Waals surface area contributed by atoms with Gasteiger partial charge in [-0.3, -0.25) is 0 Å². The van der Waals surface area contributed by atoms with Crippen molar-refractivity contribution in [2.45, 2.75) is 51.7 Å². The average Bonchev–Trinajstić information content (AvgIpc) is 2.43. The Morgan fingerprint density at radius 3 is 2.73 bits per heavy atom. The van der Waals surface area contributed by atoms with Gasteiger partial charge in [-0.2, -0.15) is 0 Å². The smallest absolute Gasteiger partial charge is 0.407 e. The minimum absolute atomic E-state index is 0.0000406. The minimum Gasteiger partial charge on any atom is -0.497 e. The van der Waals surface area contributed by atoms with Crippen LogP contribution in [-0.2, 0) is 11.2 Å². The normalized spacial score (nSPS) is 12.4. The molecule has 1 atom stereocenters. The number of rotatable bonds is 7. The van der Waals surface area contributed by atoms with Crippen molar-refractivity contribution in [2.75, 3.05) is 7.11 Å². The third-order valence-corrected chi connectivity index (χ3v) is 3.06. The summed E-state index contributed by atoms with van der Waals surface area (Å²) in [6.45, 7) is 9.31. The molecular formula is C18H27NO3. The van der Waals surface area contributed by atoms with Crippen LogP contribution >= 0.6 is 0 Å². The molecule has 122 valence electrons. The number of amides is 1. The lowest BCUT2D eigenvalue weighted by atomic mass is 10.0. The first-order chi connectivity index (χ1) is 10.3. The largest absolute Gasteiger partial charge is 0.497 e. The molecule has 22 heavy (non-hydrogen) atoms. The van der Waals surface area contributed by atoms with Crippen LogP contribution in [0.2, 0.25) is 0 Å². The van der Waals surface area contributed by atoms with Gasteiger partial charge >= 0.3 is 6.09 Å². The van der Waals surface area contributed by atoms with E-state index in [4.69, 9.17) is 9.47 Å². The monoisotopic (exact) mass is 305 g/mol. The zero-order chi connectivity index (χ0) is 16.6. The standard InChI is InChI=1S/C18H27NO3/c1-6-7-10-15(19-17(20)22-18(2,3)4)12-14-9-8-11-16(13-14)21-5/h6,8-9,11,13,15H,1,7,10,12H2,2-5H3,(H,19,20)/t15-/m0/s1. The summed E-state index contributed by atoms with van der Waals surface area (Å²) in [7, 11) is 1.65. The molecule has 0 aliphatic rings. The van der Waals surface area contributed by atoms with E-state index in [1.807, 2.05) is 51.1 Å². The third kappa shape index (κ3) is 7.16. The highest BCUT2D eigenvalue weighted by Gasteiger charge is 2.19. The van der Waals surface area contributed by atoms with Crippen molar-refractivity contribution in [1.82, 2.24) is 5.32 Å². The Labute approximate surface area is 133 Å². The Morgan fingerprint density at radius 2 is 2.14 bits per heavy atom. The molecule has 1 amide bonds. The van der Waals surface area contributed by atoms with Crippen LogP contribution in [0.25, 0.3) is 0 Å². The van der Waals surface area contributed by atoms with Crippen molar-refractivity contribution in [1.29, 1.82) is 0 Å². The van der Waals surface area contributed by atoms with Gasteiger partial charge < -0.3 is 14.8 Å². The second-order valence-corrected chi connectivity index (χ2v) is 6.26. The molecule has 0 bridgehead atoms. The zero-order valence-electron chi connectivity index (χ0n) is 14.0. The second-order valence-electron chi connectivity index (χ2n) is 6.26. The molecule has 0 spiro atoms. The Bertz CT molecular complexity index is 491. The predicted molar refractivity (Wildman–Crippen MR) is 89.3 cm³/mol. The van der Waals surface area contributed by atoms with E-state index in [9.17, 15) is 4.79 Å². The minimum atomic E-state index is -0.497. The number of alkyl carbamates (subject to hydrolysis) is 1. The summed E-state index contributed by atoms with van der Waals surface area (Å²) in [5.41, 5.74) is 0.618. The molecule has 0 aromatic heterocycles. The van der Waals surface area contributed by atoms with Crippen LogP contribution in [0.5, 0.6) is 5.75 Å². The maximum absolute atomic E-state index is 12.0. The van der Waals surface area contributed by atoms with Gasteiger partial charge in [0.05, 0.1) is 7.11 Å². The number of allylic oxidation sites excluding steroid dienone is 1. The quantitative estimate of drug-likeness (QED) is 0.772. The van der Waals surface area contributed by atoms with Gasteiger partial charge in [0.1, 0.15) is 11.4 Å². The Kier molecular flexibility index (Phi) is 6.96. The second kappa shape index (κ2) is 8.47. The molecule has 1 rings (SSSR count). The maximum Gasteiger partial charge on any atom is 0.407 e. The van der Waals surface area contributed by atoms with E-state index >= 15 is 0 Å². The molecule has 0 radical (unpaired) electrons. The van der Waals surface area contributed by atoms with Crippen molar-refractivity contribution >= 4 is 6.09 Å². The number of hydrogen-bond donors (Lipinski definition) is 1. The van der Waals surface area contributed by atoms with E-state index in [2.05, 4.69) is 11.9 Å². The lowest BCUT2D eigenvalue weighted by molar-refractivity contribution is 0.0502. The first-order valence-electron chi connectivity index (χ1n) is 7.57. The molecule has 0 heterocycles. The molecule has 0 aliphatic heterocycles. The fourth-order valence-corrected chi connectivity index (χ4v) is 2.10. The number of hydrogen-bond acceptors (Lipinski definition) is 3. The fourth-order valence-electron chi connectivity index (χ4n) is 2.10. The summed E-state index contributed by atoms with van der Waals surface area (Å²) < 4.78 is 10.6. The summed E-state index contributed by atoms with van der Waals surface area (Å²) in [6, 6.07) is 7.87. The molecule has 4 heteroatoms. The topological polar surface area (TPSA) is 47.6 Å². The number of benzene rings is 1. The van der Waals surface area contributed by atoms with Crippen molar-refractivity contribution in [3.05, 3.63) is 42.5 Å². The van der Waals surface area contributed by atoms with Gasteiger partial charge in [0.25, 0.3) is 0 Å². The van der Waals surface area contributed by atoms with Gasteiger partial charge in [-0.15, -0.1) is 6.58 Å². The fraction of sp³-hybridized carbons (Fsp3) is 0.500. The van der Waals surface area contributed by atoms with E-state index in [0.29, 0.717) is 0 Å². The van der Waals surface area contributed by atoms with Gasteiger partial charge in [-0.25, -0.2) is 4.79 Å². The van der Waals surface area contributed by atoms with Gasteiger partial charge in [-0.05, 0) is 57.7 Å². The van der Waals surface area contributed by atoms with E-state index in [0.717, 1.165) is 30.6 Å². The highest BCUT2D eigenvalue weighted by atomic mass is 16.6. The lowest BCUT2D eigenvalue weighted by Gasteiger charge is -2.23. The number of nitrogens with one attached hydrogen (secondary N) is 1. The van der Waals surface area contributed by atoms with Crippen LogP contribution in [-0.4, -0.2) is 24.8 Å². The summed E-state index contributed by atoms with van der Waals surface area (Å²) in [6.07, 6.45) is 3.86. The summed E-state index contributed by atoms with van der Waals surface area (Å²) >= 11 is 0. The molecule has 0 saturated heterocycles. The first-order valence-corrected chi connectivity index (χ1v) is 7.57. The number of carbonyl (C=O) groups excluding carboxylic acids is 1. The van der Waals surface area contributed by atoms with Crippen LogP contribution < -0.4 is 10.1 Å². The lowest BCUT2D eigenvalue weighted by Crippen LogP contribution is -2.40. The van der Waals surface area contributed by atoms with Gasteiger partial charge in [0.15, 0.2) is 0 Å². The molecule has 0 fully saturated rings. The van der Waals surface area contributed by atoms with Crippen LogP contribution in [0, 0.1) is 0 Å². The average molecular weight is 305 g/mol. The van der Waals surface area contributed by atoms with E-state index in [-0.39, 0.29) is 12.1 Å². The predicted octanol–water partition coefficient (Wildman–Crippen LogP) is 4.10. The summed E-state index contributed by atoms with van der Waals surface area (Å²) in [5, 5.41) is 2.94. The van der Waals surface area contributed by atoms with E-state index < -0.39 is 5.60 Å². The van der Waals surface area contributed by atoms with Crippen molar-refractivity contribution < 1.29 is 14.3 Å². The third-order valence-electron chi connectivity index (χ3n) is 3.06. The van der Waals surface area contributed by atoms with Crippen LogP contribution in [0.15, 0.2) is 36.9 Å². The number of carbonyl (C=O) groups is 1.